The summed E-state index contributed by atoms with van der Waals surface area (Å²) in [4.78, 5) is 45.5. The third-order valence-corrected chi connectivity index (χ3v) is 7.63. The van der Waals surface area contributed by atoms with Crippen LogP contribution in [-0.4, -0.2) is 61.8 Å². The van der Waals surface area contributed by atoms with Crippen LogP contribution in [0.4, 0.5) is 5.13 Å². The second kappa shape index (κ2) is 11.3. The van der Waals surface area contributed by atoms with E-state index in [1.165, 1.54) is 20.3 Å². The highest BCUT2D eigenvalue weighted by molar-refractivity contribution is 7.17. The zero-order valence-corrected chi connectivity index (χ0v) is 23.3. The van der Waals surface area contributed by atoms with Gasteiger partial charge in [0.2, 0.25) is 0 Å². The number of ketones is 1. The number of amides is 1. The molecule has 0 saturated carbocycles. The third-order valence-electron chi connectivity index (χ3n) is 6.49. The zero-order chi connectivity index (χ0) is 29.3. The van der Waals surface area contributed by atoms with Crippen LogP contribution in [0.5, 0.6) is 23.0 Å². The number of methoxy groups -OCH3 is 2. The molecule has 2 aliphatic heterocycles. The lowest BCUT2D eigenvalue weighted by Gasteiger charge is -2.24. The maximum absolute atomic E-state index is 13.6. The van der Waals surface area contributed by atoms with E-state index < -0.39 is 29.5 Å². The molecule has 3 heterocycles. The van der Waals surface area contributed by atoms with E-state index in [2.05, 4.69) is 11.6 Å². The van der Waals surface area contributed by atoms with Crippen molar-refractivity contribution in [2.75, 3.05) is 38.9 Å². The Hall–Kier alpha value is -4.84. The van der Waals surface area contributed by atoms with Crippen LogP contribution in [0.3, 0.4) is 0 Å². The molecule has 1 aromatic heterocycles. The first-order valence-corrected chi connectivity index (χ1v) is 13.3. The number of rotatable bonds is 8. The molecule has 12 heteroatoms. The maximum Gasteiger partial charge on any atom is 0.350 e. The predicted molar refractivity (Wildman–Crippen MR) is 149 cm³/mol. The first kappa shape index (κ1) is 27.7. The lowest BCUT2D eigenvalue weighted by molar-refractivity contribution is -0.132. The molecule has 5 rings (SSSR count). The Morgan fingerprint density at radius 2 is 1.85 bits per heavy atom. The highest BCUT2D eigenvalue weighted by Gasteiger charge is 2.48. The summed E-state index contributed by atoms with van der Waals surface area (Å²) in [5.41, 5.74) is 0.827. The van der Waals surface area contributed by atoms with E-state index in [0.29, 0.717) is 47.5 Å². The molecule has 0 bridgehead atoms. The molecule has 1 saturated heterocycles. The molecular weight excluding hydrogens is 552 g/mol. The fraction of sp³-hybridized carbons (Fsp3) is 0.241. The maximum atomic E-state index is 13.6. The van der Waals surface area contributed by atoms with Gasteiger partial charge in [-0.05, 0) is 42.8 Å². The van der Waals surface area contributed by atoms with Crippen molar-refractivity contribution >= 4 is 39.9 Å². The van der Waals surface area contributed by atoms with Crippen molar-refractivity contribution in [2.24, 2.45) is 0 Å². The minimum atomic E-state index is -1.12. The highest BCUT2D eigenvalue weighted by Crippen LogP contribution is 2.46. The second-order valence-corrected chi connectivity index (χ2v) is 9.92. The van der Waals surface area contributed by atoms with Gasteiger partial charge in [-0.25, -0.2) is 9.78 Å². The Labute approximate surface area is 239 Å². The number of carbonyl (C=O) groups excluding carboxylic acids is 3. The van der Waals surface area contributed by atoms with Gasteiger partial charge in [-0.3, -0.25) is 14.5 Å². The van der Waals surface area contributed by atoms with Crippen LogP contribution in [0.1, 0.15) is 32.5 Å². The molecule has 0 radical (unpaired) electrons. The summed E-state index contributed by atoms with van der Waals surface area (Å²) < 4.78 is 27.2. The molecule has 11 nitrogen and oxygen atoms in total. The van der Waals surface area contributed by atoms with Crippen LogP contribution in [0.25, 0.3) is 5.76 Å². The summed E-state index contributed by atoms with van der Waals surface area (Å²) >= 11 is 0.902. The lowest BCUT2D eigenvalue weighted by Crippen LogP contribution is -2.29. The van der Waals surface area contributed by atoms with Crippen LogP contribution in [0.15, 0.2) is 54.6 Å². The van der Waals surface area contributed by atoms with Crippen molar-refractivity contribution in [2.45, 2.75) is 13.0 Å². The number of ether oxygens (including phenoxy) is 5. The Morgan fingerprint density at radius 3 is 2.56 bits per heavy atom. The van der Waals surface area contributed by atoms with Gasteiger partial charge in [-0.15, -0.1) is 0 Å². The van der Waals surface area contributed by atoms with Crippen molar-refractivity contribution in [3.05, 3.63) is 76.3 Å². The van der Waals surface area contributed by atoms with Crippen LogP contribution in [0.2, 0.25) is 0 Å². The number of aromatic nitrogens is 1. The molecule has 0 spiro atoms. The number of esters is 1. The van der Waals surface area contributed by atoms with Gasteiger partial charge in [0.15, 0.2) is 28.1 Å². The molecule has 2 aliphatic rings. The van der Waals surface area contributed by atoms with E-state index in [4.69, 9.17) is 23.7 Å². The standard InChI is InChI=1S/C29H26N2O9S/c1-5-10-40-28(35)26-15(2)30-29(41-26)31-23(16-6-8-18(36-3)20(13-16)37-4)22(25(33)27(31)34)24(32)17-7-9-19-21(14-17)39-12-11-38-19/h5-9,13-14,23,32H,1,10-12H2,2-4H3/b24-22+. The first-order valence-electron chi connectivity index (χ1n) is 12.5. The fourth-order valence-corrected chi connectivity index (χ4v) is 5.58. The first-order chi connectivity index (χ1) is 19.8. The summed E-state index contributed by atoms with van der Waals surface area (Å²) in [7, 11) is 2.94. The van der Waals surface area contributed by atoms with Gasteiger partial charge >= 0.3 is 11.9 Å². The molecule has 1 fully saturated rings. The number of benzene rings is 2. The lowest BCUT2D eigenvalue weighted by atomic mass is 9.95. The number of aliphatic hydroxyl groups excluding tert-OH is 1. The molecule has 1 unspecified atom stereocenters. The van der Waals surface area contributed by atoms with E-state index in [1.807, 2.05) is 0 Å². The Morgan fingerprint density at radius 1 is 1.12 bits per heavy atom. The number of hydrogen-bond acceptors (Lipinski definition) is 11. The van der Waals surface area contributed by atoms with Gasteiger partial charge in [0.25, 0.3) is 5.78 Å². The highest BCUT2D eigenvalue weighted by atomic mass is 32.1. The molecule has 41 heavy (non-hydrogen) atoms. The monoisotopic (exact) mass is 578 g/mol. The van der Waals surface area contributed by atoms with E-state index in [9.17, 15) is 19.5 Å². The SMILES string of the molecule is C=CCOC(=O)c1sc(N2C(=O)C(=O)/C(=C(/O)c3ccc4c(c3)OCCO4)C2c2ccc(OC)c(OC)c2)nc1C. The van der Waals surface area contributed by atoms with Crippen molar-refractivity contribution in [1.82, 2.24) is 4.98 Å². The normalized spacial score (nSPS) is 17.3. The quantitative estimate of drug-likeness (QED) is 0.136. The molecule has 212 valence electrons. The predicted octanol–water partition coefficient (Wildman–Crippen LogP) is 4.21. The molecule has 1 amide bonds. The van der Waals surface area contributed by atoms with E-state index in [1.54, 1.807) is 43.3 Å². The largest absolute Gasteiger partial charge is 0.507 e. The van der Waals surface area contributed by atoms with Crippen molar-refractivity contribution < 1.29 is 43.2 Å². The summed E-state index contributed by atoms with van der Waals surface area (Å²) in [5.74, 6) is -1.24. The van der Waals surface area contributed by atoms with Gasteiger partial charge in [0, 0.05) is 5.56 Å². The number of anilines is 1. The number of aryl methyl sites for hydroxylation is 1. The molecular formula is C29H26N2O9S. The van der Waals surface area contributed by atoms with Crippen molar-refractivity contribution in [3.63, 3.8) is 0 Å². The molecule has 1 atom stereocenters. The number of Topliss-reactive ketones (excluding diaryl/α,β-unsaturated/α-hetero) is 1. The summed E-state index contributed by atoms with van der Waals surface area (Å²) in [6.45, 7) is 5.85. The number of thiazole rings is 1. The fourth-order valence-electron chi connectivity index (χ4n) is 4.59. The van der Waals surface area contributed by atoms with E-state index in [-0.39, 0.29) is 27.8 Å². The van der Waals surface area contributed by atoms with Crippen LogP contribution >= 0.6 is 11.3 Å². The van der Waals surface area contributed by atoms with Gasteiger partial charge in [-0.1, -0.05) is 30.1 Å². The Bertz CT molecular complexity index is 1590. The number of hydrogen-bond donors (Lipinski definition) is 1. The van der Waals surface area contributed by atoms with Gasteiger partial charge in [-0.2, -0.15) is 0 Å². The Balaban J connectivity index is 1.68. The average Bonchev–Trinajstić information content (AvgIpc) is 3.50. The number of nitrogens with zero attached hydrogens (tertiary/aromatic N) is 2. The molecule has 2 aromatic carbocycles. The van der Waals surface area contributed by atoms with Gasteiger partial charge in [0.1, 0.15) is 30.5 Å². The smallest absolute Gasteiger partial charge is 0.350 e. The Kier molecular flexibility index (Phi) is 7.66. The van der Waals surface area contributed by atoms with Crippen molar-refractivity contribution in [1.29, 1.82) is 0 Å². The van der Waals surface area contributed by atoms with Gasteiger partial charge in [0.05, 0.1) is 31.5 Å². The summed E-state index contributed by atoms with van der Waals surface area (Å²) in [5, 5.41) is 11.6. The van der Waals surface area contributed by atoms with Crippen LogP contribution < -0.4 is 23.8 Å². The average molecular weight is 579 g/mol. The molecule has 3 aromatic rings. The zero-order valence-electron chi connectivity index (χ0n) is 22.5. The van der Waals surface area contributed by atoms with Gasteiger partial charge < -0.3 is 28.8 Å². The minimum absolute atomic E-state index is 0.00278. The topological polar surface area (TPSA) is 134 Å². The third kappa shape index (κ3) is 4.97. The second-order valence-electron chi connectivity index (χ2n) is 8.94. The number of fused-ring (bicyclic) bond motifs is 1. The summed E-state index contributed by atoms with van der Waals surface area (Å²) in [6.07, 6.45) is 1.43. The number of aliphatic hydroxyl groups is 1. The van der Waals surface area contributed by atoms with E-state index in [0.717, 1.165) is 16.2 Å². The van der Waals surface area contributed by atoms with Crippen molar-refractivity contribution in [3.8, 4) is 23.0 Å². The molecule has 1 N–H and O–H groups in total. The van der Waals surface area contributed by atoms with Crippen LogP contribution in [-0.2, 0) is 14.3 Å². The van der Waals surface area contributed by atoms with E-state index >= 15 is 0 Å². The molecule has 0 aliphatic carbocycles. The minimum Gasteiger partial charge on any atom is -0.507 e. The van der Waals surface area contributed by atoms with Crippen LogP contribution in [0, 0.1) is 6.92 Å². The summed E-state index contributed by atoms with van der Waals surface area (Å²) in [6, 6.07) is 8.51. The number of carbonyl (C=O) groups is 3.